The summed E-state index contributed by atoms with van der Waals surface area (Å²) in [5, 5.41) is 0. The summed E-state index contributed by atoms with van der Waals surface area (Å²) in [6.07, 6.45) is 6.07. The number of nitrogens with zero attached hydrogens (tertiary/aromatic N) is 1. The molecule has 0 atom stereocenters. The molecule has 3 rings (SSSR count). The first-order valence-electron chi connectivity index (χ1n) is 6.46. The Bertz CT molecular complexity index is 593. The van der Waals surface area contributed by atoms with E-state index in [1.807, 2.05) is 24.4 Å². The second-order valence-corrected chi connectivity index (χ2v) is 4.65. The van der Waals surface area contributed by atoms with E-state index in [4.69, 9.17) is 4.74 Å². The third kappa shape index (κ3) is 2.60. The zero-order valence-electron chi connectivity index (χ0n) is 11.0. The molecule has 0 aliphatic carbocycles. The Labute approximate surface area is 113 Å². The minimum Gasteiger partial charge on any atom is -0.490 e. The van der Waals surface area contributed by atoms with Crippen LogP contribution in [0, 0.1) is 0 Å². The highest BCUT2D eigenvalue weighted by molar-refractivity contribution is 5.71. The van der Waals surface area contributed by atoms with Gasteiger partial charge in [0.2, 0.25) is 5.69 Å². The highest BCUT2D eigenvalue weighted by Crippen LogP contribution is 2.31. The van der Waals surface area contributed by atoms with Gasteiger partial charge in [-0.3, -0.25) is 0 Å². The van der Waals surface area contributed by atoms with Crippen LogP contribution >= 0.6 is 0 Å². The van der Waals surface area contributed by atoms with Crippen LogP contribution in [0.3, 0.4) is 0 Å². The number of hydrogen-bond acceptors (Lipinski definition) is 2. The predicted molar refractivity (Wildman–Crippen MR) is 77.1 cm³/mol. The number of rotatable bonds is 2. The van der Waals surface area contributed by atoms with Gasteiger partial charge >= 0.3 is 0 Å². The zero-order chi connectivity index (χ0) is 13.1. The Hall–Kier alpha value is -2.29. The second-order valence-electron chi connectivity index (χ2n) is 4.65. The molecule has 0 saturated carbocycles. The average molecular weight is 253 g/mol. The van der Waals surface area contributed by atoms with E-state index in [-0.39, 0.29) is 0 Å². The van der Waals surface area contributed by atoms with Crippen molar-refractivity contribution >= 4 is 17.8 Å². The number of fused-ring (bicyclic) bond motifs is 1. The van der Waals surface area contributed by atoms with Crippen molar-refractivity contribution in [3.05, 3.63) is 53.9 Å². The summed E-state index contributed by atoms with van der Waals surface area (Å²) >= 11 is 0. The lowest BCUT2D eigenvalue weighted by Gasteiger charge is -2.27. The Kier molecular flexibility index (Phi) is 3.19. The maximum absolute atomic E-state index is 5.70. The maximum Gasteiger partial charge on any atom is 0.203 e. The largest absolute Gasteiger partial charge is 0.490 e. The molecule has 0 saturated heterocycles. The van der Waals surface area contributed by atoms with Crippen molar-refractivity contribution in [2.24, 2.45) is 0 Å². The molecule has 0 unspecified atom stereocenters. The van der Waals surface area contributed by atoms with E-state index in [0.717, 1.165) is 35.8 Å². The number of nitrogens with one attached hydrogen (secondary N) is 1. The third-order valence-electron chi connectivity index (χ3n) is 3.27. The number of pyridine rings is 1. The number of anilines is 1. The Balaban J connectivity index is 1.85. The SMILES string of the molecule is CN1CCOc2cc(/C=C/c3cccc[nH+]3)ccc21. The summed E-state index contributed by atoms with van der Waals surface area (Å²) in [7, 11) is 2.09. The summed E-state index contributed by atoms with van der Waals surface area (Å²) in [6.45, 7) is 1.70. The average Bonchev–Trinajstić information content (AvgIpc) is 2.46. The van der Waals surface area contributed by atoms with Gasteiger partial charge in [-0.05, 0) is 29.8 Å². The van der Waals surface area contributed by atoms with Gasteiger partial charge < -0.3 is 9.64 Å². The third-order valence-corrected chi connectivity index (χ3v) is 3.27. The lowest BCUT2D eigenvalue weighted by molar-refractivity contribution is -0.380. The quantitative estimate of drug-likeness (QED) is 0.822. The van der Waals surface area contributed by atoms with Crippen molar-refractivity contribution in [3.8, 4) is 5.75 Å². The summed E-state index contributed by atoms with van der Waals surface area (Å²) in [5.41, 5.74) is 3.39. The number of ether oxygens (including phenoxy) is 1. The fourth-order valence-corrected chi connectivity index (χ4v) is 2.18. The van der Waals surface area contributed by atoms with E-state index in [1.165, 1.54) is 0 Å². The highest BCUT2D eigenvalue weighted by atomic mass is 16.5. The lowest BCUT2D eigenvalue weighted by atomic mass is 10.1. The first kappa shape index (κ1) is 11.8. The van der Waals surface area contributed by atoms with Crippen molar-refractivity contribution in [2.45, 2.75) is 0 Å². The smallest absolute Gasteiger partial charge is 0.203 e. The van der Waals surface area contributed by atoms with E-state index in [1.54, 1.807) is 0 Å². The van der Waals surface area contributed by atoms with Crippen LogP contribution < -0.4 is 14.6 Å². The van der Waals surface area contributed by atoms with Crippen molar-refractivity contribution < 1.29 is 9.72 Å². The molecule has 19 heavy (non-hydrogen) atoms. The molecule has 0 spiro atoms. The molecule has 0 bridgehead atoms. The molecule has 3 heteroatoms. The van der Waals surface area contributed by atoms with Crippen LogP contribution in [-0.4, -0.2) is 20.2 Å². The molecule has 1 aliphatic rings. The number of aromatic amines is 1. The molecule has 3 nitrogen and oxygen atoms in total. The Morgan fingerprint density at radius 1 is 1.21 bits per heavy atom. The number of aromatic nitrogens is 1. The fourth-order valence-electron chi connectivity index (χ4n) is 2.18. The van der Waals surface area contributed by atoms with Crippen LogP contribution in [0.2, 0.25) is 0 Å². The summed E-state index contributed by atoms with van der Waals surface area (Å²) in [5.74, 6) is 0.966. The molecule has 0 amide bonds. The monoisotopic (exact) mass is 253 g/mol. The van der Waals surface area contributed by atoms with Gasteiger partial charge in [0.1, 0.15) is 12.4 Å². The van der Waals surface area contributed by atoms with Gasteiger partial charge in [-0.25, -0.2) is 4.98 Å². The van der Waals surface area contributed by atoms with Gasteiger partial charge in [0.15, 0.2) is 6.20 Å². The molecule has 1 N–H and O–H groups in total. The van der Waals surface area contributed by atoms with Crippen LogP contribution in [0.15, 0.2) is 42.6 Å². The molecular weight excluding hydrogens is 236 g/mol. The van der Waals surface area contributed by atoms with Crippen molar-refractivity contribution in [3.63, 3.8) is 0 Å². The minimum absolute atomic E-state index is 0.753. The molecule has 96 valence electrons. The van der Waals surface area contributed by atoms with Crippen molar-refractivity contribution in [1.82, 2.24) is 0 Å². The molecule has 0 fully saturated rings. The second kappa shape index (κ2) is 5.14. The molecule has 2 aromatic rings. The number of hydrogen-bond donors (Lipinski definition) is 0. The van der Waals surface area contributed by atoms with E-state index in [2.05, 4.69) is 47.3 Å². The van der Waals surface area contributed by atoms with Crippen molar-refractivity contribution in [2.75, 3.05) is 25.1 Å². The molecule has 1 aromatic carbocycles. The molecule has 2 heterocycles. The number of likely N-dealkylation sites (N-methyl/N-ethyl adjacent to an activating group) is 1. The minimum atomic E-state index is 0.753. The van der Waals surface area contributed by atoms with Crippen LogP contribution in [0.5, 0.6) is 5.75 Å². The zero-order valence-corrected chi connectivity index (χ0v) is 11.0. The van der Waals surface area contributed by atoms with Crippen LogP contribution in [0.4, 0.5) is 5.69 Å². The fraction of sp³-hybridized carbons (Fsp3) is 0.188. The highest BCUT2D eigenvalue weighted by Gasteiger charge is 2.14. The van der Waals surface area contributed by atoms with E-state index in [0.29, 0.717) is 0 Å². The van der Waals surface area contributed by atoms with Gasteiger partial charge in [0.25, 0.3) is 0 Å². The summed E-state index contributed by atoms with van der Waals surface area (Å²) in [6, 6.07) is 12.3. The standard InChI is InChI=1S/C16H16N2O/c1-18-10-11-19-16-12-13(6-8-15(16)18)5-7-14-4-2-3-9-17-14/h2-9,12H,10-11H2,1H3/p+1/b7-5+. The summed E-state index contributed by atoms with van der Waals surface area (Å²) < 4.78 is 5.70. The first-order valence-corrected chi connectivity index (χ1v) is 6.46. The van der Waals surface area contributed by atoms with E-state index >= 15 is 0 Å². The van der Waals surface area contributed by atoms with E-state index < -0.39 is 0 Å². The summed E-state index contributed by atoms with van der Waals surface area (Å²) in [4.78, 5) is 5.40. The van der Waals surface area contributed by atoms with E-state index in [9.17, 15) is 0 Å². The molecule has 1 aliphatic heterocycles. The molecular formula is C16H17N2O+. The van der Waals surface area contributed by atoms with Gasteiger partial charge in [0.05, 0.1) is 12.2 Å². The number of benzene rings is 1. The maximum atomic E-state index is 5.70. The molecule has 1 aromatic heterocycles. The predicted octanol–water partition coefficient (Wildman–Crippen LogP) is 2.50. The normalized spacial score (nSPS) is 14.3. The number of H-pyrrole nitrogens is 1. The van der Waals surface area contributed by atoms with Crippen molar-refractivity contribution in [1.29, 1.82) is 0 Å². The topological polar surface area (TPSA) is 26.6 Å². The molecule has 0 radical (unpaired) electrons. The Morgan fingerprint density at radius 3 is 3.00 bits per heavy atom. The van der Waals surface area contributed by atoms with Crippen LogP contribution in [0.1, 0.15) is 11.3 Å². The lowest BCUT2D eigenvalue weighted by Crippen LogP contribution is -2.28. The Morgan fingerprint density at radius 2 is 2.16 bits per heavy atom. The van der Waals surface area contributed by atoms with Gasteiger partial charge in [-0.15, -0.1) is 0 Å². The van der Waals surface area contributed by atoms with Gasteiger partial charge in [-0.2, -0.15) is 0 Å². The van der Waals surface area contributed by atoms with Crippen LogP contribution in [-0.2, 0) is 0 Å². The van der Waals surface area contributed by atoms with Crippen LogP contribution in [0.25, 0.3) is 12.2 Å². The first-order chi connectivity index (χ1) is 9.33. The van der Waals surface area contributed by atoms with Gasteiger partial charge in [-0.1, -0.05) is 6.07 Å². The van der Waals surface area contributed by atoms with Gasteiger partial charge in [0, 0.05) is 25.3 Å².